The fourth-order valence-electron chi connectivity index (χ4n) is 2.15. The Morgan fingerprint density at radius 1 is 1.33 bits per heavy atom. The molecule has 1 rings (SSSR count). The Bertz CT molecular complexity index is 213. The number of halogens is 2. The Labute approximate surface area is 89.6 Å². The topological polar surface area (TPSA) is 20.3 Å². The maximum absolute atomic E-state index is 12.4. The third kappa shape index (κ3) is 3.43. The largest absolute Gasteiger partial charge is 0.335 e. The first-order valence-electron chi connectivity index (χ1n) is 5.61. The highest BCUT2D eigenvalue weighted by atomic mass is 19.3. The SMILES string of the molecule is CC(C)CN(C(=O)C(F)F)C1CCCC1. The van der Waals surface area contributed by atoms with Gasteiger partial charge in [0.15, 0.2) is 0 Å². The summed E-state index contributed by atoms with van der Waals surface area (Å²) in [4.78, 5) is 12.7. The minimum atomic E-state index is -2.86. The first kappa shape index (κ1) is 12.4. The zero-order valence-electron chi connectivity index (χ0n) is 9.38. The van der Waals surface area contributed by atoms with Gasteiger partial charge in [-0.15, -0.1) is 0 Å². The lowest BCUT2D eigenvalue weighted by atomic mass is 10.1. The molecule has 1 aliphatic rings. The number of carbonyl (C=O) groups excluding carboxylic acids is 1. The van der Waals surface area contributed by atoms with Crippen molar-refractivity contribution in [2.45, 2.75) is 52.0 Å². The van der Waals surface area contributed by atoms with Crippen molar-refractivity contribution in [2.75, 3.05) is 6.54 Å². The van der Waals surface area contributed by atoms with E-state index < -0.39 is 12.3 Å². The normalized spacial score (nSPS) is 17.7. The Morgan fingerprint density at radius 2 is 1.87 bits per heavy atom. The zero-order valence-corrected chi connectivity index (χ0v) is 9.38. The fourth-order valence-corrected chi connectivity index (χ4v) is 2.15. The molecule has 0 aliphatic heterocycles. The van der Waals surface area contributed by atoms with Gasteiger partial charge in [-0.3, -0.25) is 4.79 Å². The Hall–Kier alpha value is -0.670. The van der Waals surface area contributed by atoms with E-state index in [1.165, 1.54) is 4.90 Å². The van der Waals surface area contributed by atoms with Gasteiger partial charge in [0.1, 0.15) is 0 Å². The van der Waals surface area contributed by atoms with Gasteiger partial charge in [0.05, 0.1) is 0 Å². The van der Waals surface area contributed by atoms with Gasteiger partial charge in [0, 0.05) is 12.6 Å². The Kier molecular flexibility index (Phi) is 4.48. The lowest BCUT2D eigenvalue weighted by Gasteiger charge is -2.30. The average Bonchev–Trinajstić information content (AvgIpc) is 2.65. The van der Waals surface area contributed by atoms with E-state index in [0.29, 0.717) is 6.54 Å². The van der Waals surface area contributed by atoms with E-state index >= 15 is 0 Å². The average molecular weight is 219 g/mol. The van der Waals surface area contributed by atoms with E-state index in [9.17, 15) is 13.6 Å². The number of hydrogen-bond donors (Lipinski definition) is 0. The van der Waals surface area contributed by atoms with Crippen LogP contribution >= 0.6 is 0 Å². The lowest BCUT2D eigenvalue weighted by Crippen LogP contribution is -2.44. The van der Waals surface area contributed by atoms with Gasteiger partial charge in [-0.25, -0.2) is 0 Å². The molecule has 1 amide bonds. The van der Waals surface area contributed by atoms with Gasteiger partial charge < -0.3 is 4.90 Å². The summed E-state index contributed by atoms with van der Waals surface area (Å²) in [5.74, 6) is -0.746. The molecule has 0 aromatic heterocycles. The van der Waals surface area contributed by atoms with Gasteiger partial charge in [0.2, 0.25) is 0 Å². The predicted octanol–water partition coefficient (Wildman–Crippen LogP) is 2.68. The number of amides is 1. The molecule has 0 radical (unpaired) electrons. The first-order valence-corrected chi connectivity index (χ1v) is 5.61. The summed E-state index contributed by atoms with van der Waals surface area (Å²) in [5.41, 5.74) is 0. The van der Waals surface area contributed by atoms with Crippen LogP contribution in [0.2, 0.25) is 0 Å². The molecule has 1 fully saturated rings. The summed E-state index contributed by atoms with van der Waals surface area (Å²) >= 11 is 0. The van der Waals surface area contributed by atoms with Crippen LogP contribution in [0.3, 0.4) is 0 Å². The third-order valence-electron chi connectivity index (χ3n) is 2.80. The molecule has 0 atom stereocenters. The minimum absolute atomic E-state index is 0.0499. The summed E-state index contributed by atoms with van der Waals surface area (Å²) in [7, 11) is 0. The highest BCUT2D eigenvalue weighted by Gasteiger charge is 2.31. The Morgan fingerprint density at radius 3 is 2.27 bits per heavy atom. The monoisotopic (exact) mass is 219 g/mol. The van der Waals surface area contributed by atoms with Crippen molar-refractivity contribution in [1.82, 2.24) is 4.90 Å². The van der Waals surface area contributed by atoms with Crippen molar-refractivity contribution < 1.29 is 13.6 Å². The molecular weight excluding hydrogens is 200 g/mol. The molecule has 0 unspecified atom stereocenters. The minimum Gasteiger partial charge on any atom is -0.335 e. The molecule has 0 spiro atoms. The van der Waals surface area contributed by atoms with Gasteiger partial charge >= 0.3 is 6.43 Å². The number of alkyl halides is 2. The van der Waals surface area contributed by atoms with Gasteiger partial charge in [-0.05, 0) is 18.8 Å². The molecule has 0 aromatic carbocycles. The van der Waals surface area contributed by atoms with Crippen LogP contribution in [0, 0.1) is 5.92 Å². The molecule has 0 N–H and O–H groups in total. The molecule has 0 heterocycles. The number of carbonyl (C=O) groups is 1. The maximum atomic E-state index is 12.4. The van der Waals surface area contributed by atoms with Crippen molar-refractivity contribution in [1.29, 1.82) is 0 Å². The second-order valence-electron chi connectivity index (χ2n) is 4.62. The van der Waals surface area contributed by atoms with Crippen molar-refractivity contribution >= 4 is 5.91 Å². The van der Waals surface area contributed by atoms with Crippen molar-refractivity contribution in [3.8, 4) is 0 Å². The first-order chi connectivity index (χ1) is 7.02. The summed E-state index contributed by atoms with van der Waals surface area (Å²) < 4.78 is 24.8. The van der Waals surface area contributed by atoms with Crippen LogP contribution in [0.25, 0.3) is 0 Å². The second-order valence-corrected chi connectivity index (χ2v) is 4.62. The molecule has 4 heteroatoms. The summed E-state index contributed by atoms with van der Waals surface area (Å²) in [5, 5.41) is 0. The number of rotatable bonds is 4. The zero-order chi connectivity index (χ0) is 11.4. The molecule has 0 bridgehead atoms. The van der Waals surface area contributed by atoms with Crippen LogP contribution in [-0.4, -0.2) is 29.8 Å². The van der Waals surface area contributed by atoms with Crippen LogP contribution in [-0.2, 0) is 4.79 Å². The number of hydrogen-bond acceptors (Lipinski definition) is 1. The standard InChI is InChI=1S/C11H19F2NO/c1-8(2)7-14(11(15)10(12)13)9-5-3-4-6-9/h8-10H,3-7H2,1-2H3. The lowest BCUT2D eigenvalue weighted by molar-refractivity contribution is -0.145. The highest BCUT2D eigenvalue weighted by Crippen LogP contribution is 2.25. The molecule has 88 valence electrons. The van der Waals surface area contributed by atoms with E-state index in [1.807, 2.05) is 13.8 Å². The van der Waals surface area contributed by atoms with E-state index in [0.717, 1.165) is 25.7 Å². The van der Waals surface area contributed by atoms with Crippen molar-refractivity contribution in [3.63, 3.8) is 0 Å². The van der Waals surface area contributed by atoms with E-state index in [1.54, 1.807) is 0 Å². The van der Waals surface area contributed by atoms with Gasteiger partial charge in [0.25, 0.3) is 5.91 Å². The molecular formula is C11H19F2NO. The van der Waals surface area contributed by atoms with Crippen LogP contribution < -0.4 is 0 Å². The third-order valence-corrected chi connectivity index (χ3v) is 2.80. The summed E-state index contributed by atoms with van der Waals surface area (Å²) in [6, 6.07) is 0.0499. The van der Waals surface area contributed by atoms with E-state index in [4.69, 9.17) is 0 Å². The van der Waals surface area contributed by atoms with Crippen LogP contribution in [0.4, 0.5) is 8.78 Å². The molecule has 0 aromatic rings. The molecule has 1 aliphatic carbocycles. The maximum Gasteiger partial charge on any atom is 0.315 e. The van der Waals surface area contributed by atoms with Crippen LogP contribution in [0.5, 0.6) is 0 Å². The van der Waals surface area contributed by atoms with E-state index in [2.05, 4.69) is 0 Å². The quantitative estimate of drug-likeness (QED) is 0.712. The summed E-state index contributed by atoms with van der Waals surface area (Å²) in [6.07, 6.45) is 1.01. The van der Waals surface area contributed by atoms with Crippen molar-refractivity contribution in [2.24, 2.45) is 5.92 Å². The number of nitrogens with zero attached hydrogens (tertiary/aromatic N) is 1. The van der Waals surface area contributed by atoms with Gasteiger partial charge in [-0.1, -0.05) is 26.7 Å². The van der Waals surface area contributed by atoms with Gasteiger partial charge in [-0.2, -0.15) is 8.78 Å². The second kappa shape index (κ2) is 5.42. The smallest absolute Gasteiger partial charge is 0.315 e. The summed E-state index contributed by atoms with van der Waals surface area (Å²) in [6.45, 7) is 4.34. The highest BCUT2D eigenvalue weighted by molar-refractivity contribution is 5.79. The molecule has 2 nitrogen and oxygen atoms in total. The van der Waals surface area contributed by atoms with E-state index in [-0.39, 0.29) is 12.0 Å². The predicted molar refractivity (Wildman–Crippen MR) is 54.8 cm³/mol. The van der Waals surface area contributed by atoms with Crippen LogP contribution in [0.1, 0.15) is 39.5 Å². The van der Waals surface area contributed by atoms with Crippen molar-refractivity contribution in [3.05, 3.63) is 0 Å². The molecule has 15 heavy (non-hydrogen) atoms. The van der Waals surface area contributed by atoms with Crippen LogP contribution in [0.15, 0.2) is 0 Å². The fraction of sp³-hybridized carbons (Fsp3) is 0.909. The molecule has 0 saturated heterocycles. The Balaban J connectivity index is 2.63. The molecule has 1 saturated carbocycles.